The van der Waals surface area contributed by atoms with E-state index in [1.165, 1.54) is 43.1 Å². The second-order valence-electron chi connectivity index (χ2n) is 7.25. The van der Waals surface area contributed by atoms with Crippen molar-refractivity contribution in [2.75, 3.05) is 0 Å². The molecule has 128 valence electrons. The number of rotatable bonds is 0. The van der Waals surface area contributed by atoms with Crippen molar-refractivity contribution in [2.24, 2.45) is 0 Å². The van der Waals surface area contributed by atoms with Gasteiger partial charge in [-0.2, -0.15) is 0 Å². The Morgan fingerprint density at radius 2 is 0.714 bits per heavy atom. The molecule has 0 aromatic heterocycles. The van der Waals surface area contributed by atoms with Gasteiger partial charge < -0.3 is 0 Å². The van der Waals surface area contributed by atoms with E-state index in [0.717, 1.165) is 10.4 Å². The SMILES string of the molecule is C(=C=c1ccc2cccc3cccc1c32)=c1ccc2cccc3cccc1c32. The molecule has 0 saturated carbocycles. The normalized spacial score (nSPS) is 11.3. The summed E-state index contributed by atoms with van der Waals surface area (Å²) in [6.07, 6.45) is 0. The second-order valence-corrected chi connectivity index (χ2v) is 7.25. The molecule has 0 aliphatic carbocycles. The predicted octanol–water partition coefficient (Wildman–Crippen LogP) is 5.75. The maximum Gasteiger partial charge on any atom is 0.0328 e. The Labute approximate surface area is 162 Å². The molecule has 6 aromatic rings. The summed E-state index contributed by atoms with van der Waals surface area (Å²) in [4.78, 5) is 0. The molecular weight excluding hydrogens is 336 g/mol. The van der Waals surface area contributed by atoms with E-state index in [-0.39, 0.29) is 0 Å². The number of hydrogen-bond acceptors (Lipinski definition) is 0. The largest absolute Gasteiger partial charge is 0.0610 e. The van der Waals surface area contributed by atoms with E-state index in [4.69, 9.17) is 0 Å². The van der Waals surface area contributed by atoms with Crippen LogP contribution in [0.5, 0.6) is 0 Å². The molecule has 0 saturated heterocycles. The molecule has 0 bridgehead atoms. The summed E-state index contributed by atoms with van der Waals surface area (Å²) in [5, 5.41) is 12.3. The van der Waals surface area contributed by atoms with Crippen molar-refractivity contribution in [2.45, 2.75) is 0 Å². The molecule has 0 radical (unpaired) electrons. The fourth-order valence-corrected chi connectivity index (χ4v) is 4.35. The summed E-state index contributed by atoms with van der Waals surface area (Å²) in [5.74, 6) is 0. The fraction of sp³-hybridized carbons (Fsp3) is 0. The van der Waals surface area contributed by atoms with Gasteiger partial charge >= 0.3 is 0 Å². The average Bonchev–Trinajstić information content (AvgIpc) is 2.75. The van der Waals surface area contributed by atoms with Gasteiger partial charge in [-0.15, -0.1) is 0 Å². The Bertz CT molecular complexity index is 1500. The molecule has 6 rings (SSSR count). The van der Waals surface area contributed by atoms with Crippen LogP contribution in [0.4, 0.5) is 0 Å². The first kappa shape index (κ1) is 15.3. The molecule has 0 nitrogen and oxygen atoms in total. The molecule has 0 aliphatic rings. The molecule has 0 unspecified atom stereocenters. The molecule has 0 aliphatic heterocycles. The molecular formula is C28H16. The van der Waals surface area contributed by atoms with Crippen molar-refractivity contribution in [3.8, 4) is 0 Å². The third kappa shape index (κ3) is 2.20. The topological polar surface area (TPSA) is 0 Å². The van der Waals surface area contributed by atoms with Crippen LogP contribution in [-0.4, -0.2) is 0 Å². The van der Waals surface area contributed by atoms with Crippen LogP contribution in [-0.2, 0) is 0 Å². The first-order valence-corrected chi connectivity index (χ1v) is 9.55. The van der Waals surface area contributed by atoms with Crippen LogP contribution in [0.25, 0.3) is 54.6 Å². The summed E-state index contributed by atoms with van der Waals surface area (Å²) in [6.45, 7) is 0. The summed E-state index contributed by atoms with van der Waals surface area (Å²) < 4.78 is 0. The van der Waals surface area contributed by atoms with E-state index in [2.05, 4.69) is 109 Å². The van der Waals surface area contributed by atoms with Crippen LogP contribution in [0.1, 0.15) is 0 Å². The lowest BCUT2D eigenvalue weighted by molar-refractivity contribution is 1.70. The molecule has 0 N–H and O–H groups in total. The van der Waals surface area contributed by atoms with Gasteiger partial charge in [0, 0.05) is 10.4 Å². The van der Waals surface area contributed by atoms with E-state index < -0.39 is 0 Å². The standard InChI is InChI=1S/C28H16/c1-5-21-9-3-11-25-19(15-17-23(7-1)27(21)25)13-14-20-16-18-24-8-2-6-22-10-4-12-26(20)28(22)24/h1-12,15-18H. The van der Waals surface area contributed by atoms with Gasteiger partial charge in [0.15, 0.2) is 0 Å². The lowest BCUT2D eigenvalue weighted by atomic mass is 9.99. The van der Waals surface area contributed by atoms with Crippen molar-refractivity contribution in [3.05, 3.63) is 107 Å². The third-order valence-electron chi connectivity index (χ3n) is 5.65. The predicted molar refractivity (Wildman–Crippen MR) is 120 cm³/mol. The van der Waals surface area contributed by atoms with E-state index in [0.29, 0.717) is 0 Å². The molecule has 0 heterocycles. The number of benzene rings is 6. The summed E-state index contributed by atoms with van der Waals surface area (Å²) in [7, 11) is 0. The van der Waals surface area contributed by atoms with Gasteiger partial charge in [0.25, 0.3) is 0 Å². The highest BCUT2D eigenvalue weighted by Crippen LogP contribution is 2.24. The number of hydrogen-bond donors (Lipinski definition) is 0. The second kappa shape index (κ2) is 5.84. The zero-order valence-electron chi connectivity index (χ0n) is 15.2. The van der Waals surface area contributed by atoms with Crippen molar-refractivity contribution in [1.82, 2.24) is 0 Å². The van der Waals surface area contributed by atoms with E-state index in [1.807, 2.05) is 0 Å². The highest BCUT2D eigenvalue weighted by Gasteiger charge is 2.03. The monoisotopic (exact) mass is 352 g/mol. The zero-order valence-corrected chi connectivity index (χ0v) is 15.2. The van der Waals surface area contributed by atoms with E-state index >= 15 is 0 Å². The highest BCUT2D eigenvalue weighted by atomic mass is 14.1. The molecule has 6 aromatic carbocycles. The van der Waals surface area contributed by atoms with Crippen LogP contribution >= 0.6 is 0 Å². The van der Waals surface area contributed by atoms with Gasteiger partial charge in [-0.25, -0.2) is 0 Å². The van der Waals surface area contributed by atoms with Crippen LogP contribution in [0.15, 0.2) is 97.1 Å². The minimum absolute atomic E-state index is 1.08. The Balaban J connectivity index is 1.82. The summed E-state index contributed by atoms with van der Waals surface area (Å²) >= 11 is 0. The first-order valence-electron chi connectivity index (χ1n) is 9.55. The van der Waals surface area contributed by atoms with Crippen LogP contribution in [0.3, 0.4) is 0 Å². The third-order valence-corrected chi connectivity index (χ3v) is 5.65. The molecule has 28 heavy (non-hydrogen) atoms. The summed E-state index contributed by atoms with van der Waals surface area (Å²) in [6, 6.07) is 34.5. The molecule has 0 heteroatoms. The summed E-state index contributed by atoms with van der Waals surface area (Å²) in [5.41, 5.74) is 6.91. The minimum atomic E-state index is 1.08. The first-order chi connectivity index (χ1) is 13.9. The van der Waals surface area contributed by atoms with Gasteiger partial charge in [0.2, 0.25) is 0 Å². The Hall–Kier alpha value is -3.82. The van der Waals surface area contributed by atoms with Crippen molar-refractivity contribution in [1.29, 1.82) is 0 Å². The van der Waals surface area contributed by atoms with E-state index in [1.54, 1.807) is 0 Å². The Morgan fingerprint density at radius 1 is 0.357 bits per heavy atom. The van der Waals surface area contributed by atoms with E-state index in [9.17, 15) is 0 Å². The zero-order chi connectivity index (χ0) is 18.5. The minimum Gasteiger partial charge on any atom is -0.0610 e. The fourth-order valence-electron chi connectivity index (χ4n) is 4.35. The van der Waals surface area contributed by atoms with Crippen LogP contribution < -0.4 is 10.4 Å². The Kier molecular flexibility index (Phi) is 3.18. The highest BCUT2D eigenvalue weighted by molar-refractivity contribution is 6.11. The van der Waals surface area contributed by atoms with Gasteiger partial charge in [0.05, 0.1) is 0 Å². The Morgan fingerprint density at radius 3 is 1.14 bits per heavy atom. The van der Waals surface area contributed by atoms with Gasteiger partial charge in [-0.3, -0.25) is 0 Å². The molecule has 0 fully saturated rings. The molecule has 0 atom stereocenters. The van der Waals surface area contributed by atoms with Gasteiger partial charge in [0.1, 0.15) is 0 Å². The van der Waals surface area contributed by atoms with Crippen molar-refractivity contribution >= 4 is 54.6 Å². The van der Waals surface area contributed by atoms with Crippen LogP contribution in [0, 0.1) is 0 Å². The lowest BCUT2D eigenvalue weighted by Gasteiger charge is -2.05. The van der Waals surface area contributed by atoms with Crippen LogP contribution in [0.2, 0.25) is 0 Å². The smallest absolute Gasteiger partial charge is 0.0328 e. The maximum atomic E-state index is 3.46. The molecule has 0 spiro atoms. The van der Waals surface area contributed by atoms with Crippen molar-refractivity contribution < 1.29 is 0 Å². The van der Waals surface area contributed by atoms with Crippen molar-refractivity contribution in [3.63, 3.8) is 0 Å². The molecule has 0 amide bonds. The maximum absolute atomic E-state index is 3.46. The average molecular weight is 352 g/mol. The van der Waals surface area contributed by atoms with Gasteiger partial charge in [-0.05, 0) is 55.2 Å². The lowest BCUT2D eigenvalue weighted by Crippen LogP contribution is -2.02. The quantitative estimate of drug-likeness (QED) is 0.326. The van der Waals surface area contributed by atoms with Gasteiger partial charge in [-0.1, -0.05) is 96.4 Å².